The lowest BCUT2D eigenvalue weighted by atomic mass is 9.92. The number of hydrogen-bond acceptors (Lipinski definition) is 4. The molecule has 2 atom stereocenters. The van der Waals surface area contributed by atoms with Crippen LogP contribution in [0.15, 0.2) is 54.6 Å². The fourth-order valence-corrected chi connectivity index (χ4v) is 3.13. The van der Waals surface area contributed by atoms with E-state index in [4.69, 9.17) is 9.47 Å². The van der Waals surface area contributed by atoms with Crippen LogP contribution in [-0.2, 0) is 4.79 Å². The molecule has 130 valence electrons. The standard InChI is InChI=1S/C21H23NO3/c1-24-20-11-9-16(12-21(20)25-2)19-14-18(23)13-17(22-19)10-8-15-6-4-3-5-7-15/h3-12,17,19,22H,13-14H2,1-2H3/b10-8+/t17-,19-/m1/s1. The van der Waals surface area contributed by atoms with Crippen LogP contribution in [0.5, 0.6) is 11.5 Å². The van der Waals surface area contributed by atoms with E-state index >= 15 is 0 Å². The molecule has 0 saturated carbocycles. The van der Waals surface area contributed by atoms with E-state index in [1.165, 1.54) is 0 Å². The monoisotopic (exact) mass is 337 g/mol. The summed E-state index contributed by atoms with van der Waals surface area (Å²) >= 11 is 0. The van der Waals surface area contributed by atoms with Crippen LogP contribution in [0.25, 0.3) is 6.08 Å². The number of carbonyl (C=O) groups excluding carboxylic acids is 1. The van der Waals surface area contributed by atoms with Gasteiger partial charge in [0.1, 0.15) is 5.78 Å². The zero-order valence-corrected chi connectivity index (χ0v) is 14.6. The highest BCUT2D eigenvalue weighted by molar-refractivity contribution is 5.81. The molecule has 2 aromatic rings. The molecule has 1 saturated heterocycles. The topological polar surface area (TPSA) is 47.6 Å². The SMILES string of the molecule is COc1ccc([C@H]2CC(=O)C[C@@H](/C=C/c3ccccc3)N2)cc1OC. The van der Waals surface area contributed by atoms with Gasteiger partial charge in [-0.25, -0.2) is 0 Å². The van der Waals surface area contributed by atoms with Crippen LogP contribution >= 0.6 is 0 Å². The lowest BCUT2D eigenvalue weighted by Gasteiger charge is -2.29. The summed E-state index contributed by atoms with van der Waals surface area (Å²) in [4.78, 5) is 12.2. The Morgan fingerprint density at radius 2 is 1.76 bits per heavy atom. The first-order valence-electron chi connectivity index (χ1n) is 8.42. The van der Waals surface area contributed by atoms with E-state index < -0.39 is 0 Å². The Bertz CT molecular complexity index is 755. The lowest BCUT2D eigenvalue weighted by Crippen LogP contribution is -2.39. The Morgan fingerprint density at radius 1 is 1.00 bits per heavy atom. The first kappa shape index (κ1) is 17.2. The highest BCUT2D eigenvalue weighted by Crippen LogP contribution is 2.32. The summed E-state index contributed by atoms with van der Waals surface area (Å²) < 4.78 is 10.7. The third kappa shape index (κ3) is 4.28. The second-order valence-corrected chi connectivity index (χ2v) is 6.16. The lowest BCUT2D eigenvalue weighted by molar-refractivity contribution is -0.121. The molecule has 25 heavy (non-hydrogen) atoms. The third-order valence-electron chi connectivity index (χ3n) is 4.43. The fraction of sp³-hybridized carbons (Fsp3) is 0.286. The molecule has 1 aliphatic rings. The van der Waals surface area contributed by atoms with Crippen molar-refractivity contribution in [2.75, 3.05) is 14.2 Å². The molecule has 1 N–H and O–H groups in total. The molecule has 0 amide bonds. The van der Waals surface area contributed by atoms with Gasteiger partial charge in [0.05, 0.1) is 14.2 Å². The van der Waals surface area contributed by atoms with Crippen LogP contribution in [0, 0.1) is 0 Å². The number of piperidine rings is 1. The largest absolute Gasteiger partial charge is 0.493 e. The van der Waals surface area contributed by atoms with E-state index in [0.29, 0.717) is 24.3 Å². The van der Waals surface area contributed by atoms with Crippen LogP contribution < -0.4 is 14.8 Å². The average Bonchev–Trinajstić information content (AvgIpc) is 2.66. The van der Waals surface area contributed by atoms with Crippen LogP contribution in [0.3, 0.4) is 0 Å². The number of nitrogens with one attached hydrogen (secondary N) is 1. The molecule has 2 aromatic carbocycles. The number of hydrogen-bond donors (Lipinski definition) is 1. The van der Waals surface area contributed by atoms with Crippen molar-refractivity contribution >= 4 is 11.9 Å². The summed E-state index contributed by atoms with van der Waals surface area (Å²) in [6.07, 6.45) is 5.14. The van der Waals surface area contributed by atoms with Crippen molar-refractivity contribution in [1.29, 1.82) is 0 Å². The number of ether oxygens (including phenoxy) is 2. The minimum atomic E-state index is -0.0218. The average molecular weight is 337 g/mol. The Morgan fingerprint density at radius 3 is 2.48 bits per heavy atom. The maximum Gasteiger partial charge on any atom is 0.161 e. The van der Waals surface area contributed by atoms with Gasteiger partial charge in [-0.05, 0) is 23.3 Å². The molecule has 4 heteroatoms. The number of rotatable bonds is 5. The van der Waals surface area contributed by atoms with Crippen molar-refractivity contribution < 1.29 is 14.3 Å². The summed E-state index contributed by atoms with van der Waals surface area (Å²) in [5.41, 5.74) is 2.16. The maximum absolute atomic E-state index is 12.2. The van der Waals surface area contributed by atoms with Crippen LogP contribution in [0.1, 0.15) is 30.0 Å². The maximum atomic E-state index is 12.2. The van der Waals surface area contributed by atoms with E-state index in [2.05, 4.69) is 17.5 Å². The predicted molar refractivity (Wildman–Crippen MR) is 98.9 cm³/mol. The molecule has 0 aliphatic carbocycles. The molecule has 4 nitrogen and oxygen atoms in total. The van der Waals surface area contributed by atoms with E-state index in [1.807, 2.05) is 48.5 Å². The molecule has 1 fully saturated rings. The quantitative estimate of drug-likeness (QED) is 0.902. The van der Waals surface area contributed by atoms with Crippen LogP contribution in [0.2, 0.25) is 0 Å². The second-order valence-electron chi connectivity index (χ2n) is 6.16. The van der Waals surface area contributed by atoms with Gasteiger partial charge in [0.25, 0.3) is 0 Å². The van der Waals surface area contributed by atoms with E-state index in [0.717, 1.165) is 11.1 Å². The number of Topliss-reactive ketones (excluding diaryl/α,β-unsaturated/α-hetero) is 1. The first-order valence-corrected chi connectivity index (χ1v) is 8.42. The number of ketones is 1. The number of benzene rings is 2. The minimum absolute atomic E-state index is 0.0218. The summed E-state index contributed by atoms with van der Waals surface area (Å²) in [5.74, 6) is 1.63. The zero-order valence-electron chi connectivity index (χ0n) is 14.6. The van der Waals surface area contributed by atoms with E-state index in [1.54, 1.807) is 14.2 Å². The summed E-state index contributed by atoms with van der Waals surface area (Å²) in [5, 5.41) is 3.56. The summed E-state index contributed by atoms with van der Waals surface area (Å²) in [6.45, 7) is 0. The normalized spacial score (nSPS) is 20.6. The minimum Gasteiger partial charge on any atom is -0.493 e. The number of methoxy groups -OCH3 is 2. The van der Waals surface area contributed by atoms with Gasteiger partial charge in [-0.15, -0.1) is 0 Å². The number of carbonyl (C=O) groups is 1. The molecule has 1 heterocycles. The van der Waals surface area contributed by atoms with Crippen molar-refractivity contribution in [2.24, 2.45) is 0 Å². The Kier molecular flexibility index (Phi) is 5.51. The molecule has 0 radical (unpaired) electrons. The summed E-state index contributed by atoms with van der Waals surface area (Å²) in [6, 6.07) is 15.9. The van der Waals surface area contributed by atoms with E-state index in [-0.39, 0.29) is 17.9 Å². The van der Waals surface area contributed by atoms with Crippen LogP contribution in [-0.4, -0.2) is 26.0 Å². The Hall–Kier alpha value is -2.59. The molecular formula is C21H23NO3. The highest BCUT2D eigenvalue weighted by Gasteiger charge is 2.26. The van der Waals surface area contributed by atoms with Gasteiger partial charge in [-0.2, -0.15) is 0 Å². The Labute approximate surface area is 148 Å². The molecule has 0 aromatic heterocycles. The van der Waals surface area contributed by atoms with E-state index in [9.17, 15) is 4.79 Å². The van der Waals surface area contributed by atoms with Crippen molar-refractivity contribution in [3.05, 3.63) is 65.7 Å². The van der Waals surface area contributed by atoms with Gasteiger partial charge in [-0.1, -0.05) is 48.6 Å². The first-order chi connectivity index (χ1) is 12.2. The van der Waals surface area contributed by atoms with Crippen molar-refractivity contribution in [1.82, 2.24) is 5.32 Å². The second kappa shape index (κ2) is 7.99. The Balaban J connectivity index is 1.76. The van der Waals surface area contributed by atoms with Crippen molar-refractivity contribution in [3.63, 3.8) is 0 Å². The van der Waals surface area contributed by atoms with Crippen molar-refractivity contribution in [3.8, 4) is 11.5 Å². The van der Waals surface area contributed by atoms with Gasteiger partial charge >= 0.3 is 0 Å². The summed E-state index contributed by atoms with van der Waals surface area (Å²) in [7, 11) is 3.23. The van der Waals surface area contributed by atoms with Gasteiger partial charge in [0.15, 0.2) is 11.5 Å². The third-order valence-corrected chi connectivity index (χ3v) is 4.43. The molecule has 3 rings (SSSR count). The zero-order chi connectivity index (χ0) is 17.6. The smallest absolute Gasteiger partial charge is 0.161 e. The van der Waals surface area contributed by atoms with Crippen LogP contribution in [0.4, 0.5) is 0 Å². The van der Waals surface area contributed by atoms with Crippen molar-refractivity contribution in [2.45, 2.75) is 24.9 Å². The molecule has 1 aliphatic heterocycles. The van der Waals surface area contributed by atoms with Gasteiger partial charge < -0.3 is 14.8 Å². The molecule has 0 unspecified atom stereocenters. The van der Waals surface area contributed by atoms with Gasteiger partial charge in [0.2, 0.25) is 0 Å². The molecule has 0 bridgehead atoms. The van der Waals surface area contributed by atoms with Gasteiger partial charge in [0, 0.05) is 24.9 Å². The highest BCUT2D eigenvalue weighted by atomic mass is 16.5. The van der Waals surface area contributed by atoms with Gasteiger partial charge in [-0.3, -0.25) is 4.79 Å². The fourth-order valence-electron chi connectivity index (χ4n) is 3.13. The molecule has 0 spiro atoms. The molecular weight excluding hydrogens is 314 g/mol. The predicted octanol–water partition coefficient (Wildman–Crippen LogP) is 3.78.